The minimum absolute atomic E-state index is 0.129. The molecule has 0 spiro atoms. The molecule has 0 atom stereocenters. The fraction of sp³-hybridized carbons (Fsp3) is 0.273. The van der Waals surface area contributed by atoms with Crippen LogP contribution in [0.4, 0.5) is 11.5 Å². The van der Waals surface area contributed by atoms with Crippen molar-refractivity contribution in [2.45, 2.75) is 0 Å². The van der Waals surface area contributed by atoms with Crippen LogP contribution in [-0.4, -0.2) is 39.2 Å². The zero-order valence-corrected chi connectivity index (χ0v) is 10.2. The highest BCUT2D eigenvalue weighted by molar-refractivity contribution is 5.93. The minimum atomic E-state index is -0.129. The van der Waals surface area contributed by atoms with Crippen LogP contribution in [0.25, 0.3) is 0 Å². The molecular formula is C11H14N6O. The second kappa shape index (κ2) is 5.26. The Bertz CT molecular complexity index is 523. The van der Waals surface area contributed by atoms with E-state index in [1.165, 1.54) is 0 Å². The molecule has 0 bridgehead atoms. The zero-order valence-electron chi connectivity index (χ0n) is 10.2. The second-order valence-corrected chi connectivity index (χ2v) is 3.87. The summed E-state index contributed by atoms with van der Waals surface area (Å²) in [7, 11) is 3.58. The molecule has 0 aliphatic rings. The molecule has 2 rings (SSSR count). The molecule has 18 heavy (non-hydrogen) atoms. The monoisotopic (exact) mass is 246 g/mol. The molecule has 1 amide bonds. The highest BCUT2D eigenvalue weighted by Crippen LogP contribution is 2.06. The van der Waals surface area contributed by atoms with Gasteiger partial charge in [-0.15, -0.1) is 0 Å². The van der Waals surface area contributed by atoms with E-state index in [1.54, 1.807) is 54.7 Å². The maximum atomic E-state index is 11.8. The van der Waals surface area contributed by atoms with Crippen LogP contribution in [0, 0.1) is 0 Å². The molecule has 7 heteroatoms. The first-order chi connectivity index (χ1) is 8.65. The van der Waals surface area contributed by atoms with Gasteiger partial charge in [0, 0.05) is 32.7 Å². The zero-order chi connectivity index (χ0) is 13.0. The molecule has 0 saturated heterocycles. The molecule has 7 nitrogen and oxygen atoms in total. The van der Waals surface area contributed by atoms with E-state index in [1.807, 2.05) is 0 Å². The van der Waals surface area contributed by atoms with Crippen LogP contribution >= 0.6 is 0 Å². The average Bonchev–Trinajstić information content (AvgIpc) is 2.75. The maximum Gasteiger partial charge on any atom is 0.244 e. The predicted molar refractivity (Wildman–Crippen MR) is 67.1 cm³/mol. The van der Waals surface area contributed by atoms with Gasteiger partial charge in [-0.25, -0.2) is 4.98 Å². The number of carbonyl (C=O) groups is 1. The van der Waals surface area contributed by atoms with Crippen molar-refractivity contribution in [3.8, 4) is 0 Å². The van der Waals surface area contributed by atoms with E-state index in [0.717, 1.165) is 0 Å². The summed E-state index contributed by atoms with van der Waals surface area (Å²) in [4.78, 5) is 21.5. The van der Waals surface area contributed by atoms with Crippen LogP contribution in [0.3, 0.4) is 0 Å². The van der Waals surface area contributed by atoms with Gasteiger partial charge in [0.25, 0.3) is 0 Å². The number of rotatable bonds is 4. The number of aromatic nitrogens is 4. The number of amides is 1. The van der Waals surface area contributed by atoms with Crippen LogP contribution in [0.1, 0.15) is 0 Å². The normalized spacial score (nSPS) is 10.1. The molecule has 0 aromatic carbocycles. The Kier molecular flexibility index (Phi) is 3.52. The maximum absolute atomic E-state index is 11.8. The first kappa shape index (κ1) is 12.0. The van der Waals surface area contributed by atoms with E-state index in [2.05, 4.69) is 20.4 Å². The number of likely N-dealkylation sites (N-methyl/N-ethyl adjacent to an activating group) is 1. The third-order valence-corrected chi connectivity index (χ3v) is 2.31. The van der Waals surface area contributed by atoms with Gasteiger partial charge < -0.3 is 10.2 Å². The molecule has 2 aromatic heterocycles. The van der Waals surface area contributed by atoms with Crippen molar-refractivity contribution >= 4 is 17.4 Å². The number of hydrogen-bond donors (Lipinski definition) is 1. The molecule has 0 unspecified atom stereocenters. The largest absolute Gasteiger partial charge is 0.349 e. The molecule has 0 aliphatic heterocycles. The van der Waals surface area contributed by atoms with Gasteiger partial charge in [-0.3, -0.25) is 14.5 Å². The molecular weight excluding hydrogens is 232 g/mol. The summed E-state index contributed by atoms with van der Waals surface area (Å²) in [6, 6.07) is 0. The Hall–Kier alpha value is -2.44. The van der Waals surface area contributed by atoms with E-state index < -0.39 is 0 Å². The number of anilines is 2. The van der Waals surface area contributed by atoms with Crippen molar-refractivity contribution in [3.05, 3.63) is 31.0 Å². The van der Waals surface area contributed by atoms with Crippen LogP contribution < -0.4 is 10.2 Å². The van der Waals surface area contributed by atoms with Crippen molar-refractivity contribution < 1.29 is 4.79 Å². The number of nitrogens with zero attached hydrogens (tertiary/aromatic N) is 5. The third kappa shape index (κ3) is 3.03. The third-order valence-electron chi connectivity index (χ3n) is 2.31. The second-order valence-electron chi connectivity index (χ2n) is 3.87. The lowest BCUT2D eigenvalue weighted by Crippen LogP contribution is -2.30. The topological polar surface area (TPSA) is 75.9 Å². The van der Waals surface area contributed by atoms with Crippen LogP contribution in [0.2, 0.25) is 0 Å². The van der Waals surface area contributed by atoms with Crippen molar-refractivity contribution in [2.75, 3.05) is 23.8 Å². The quantitative estimate of drug-likeness (QED) is 0.838. The van der Waals surface area contributed by atoms with Crippen molar-refractivity contribution in [2.24, 2.45) is 7.05 Å². The van der Waals surface area contributed by atoms with E-state index >= 15 is 0 Å². The van der Waals surface area contributed by atoms with E-state index in [0.29, 0.717) is 11.5 Å². The lowest BCUT2D eigenvalue weighted by molar-refractivity contribution is -0.114. The number of aryl methyl sites for hydroxylation is 1. The Labute approximate surface area is 104 Å². The summed E-state index contributed by atoms with van der Waals surface area (Å²) in [6.07, 6.45) is 8.12. The average molecular weight is 246 g/mol. The minimum Gasteiger partial charge on any atom is -0.349 e. The van der Waals surface area contributed by atoms with Gasteiger partial charge in [0.1, 0.15) is 5.82 Å². The standard InChI is InChI=1S/C11H14N6O/c1-16(10-6-12-3-4-13-10)8-11(18)15-9-5-14-17(2)7-9/h3-7H,8H2,1-2H3,(H,15,18). The fourth-order valence-electron chi connectivity index (χ4n) is 1.47. The lowest BCUT2D eigenvalue weighted by atomic mass is 10.4. The SMILES string of the molecule is CN(CC(=O)Nc1cnn(C)c1)c1cnccn1. The molecule has 94 valence electrons. The molecule has 2 aromatic rings. The van der Waals surface area contributed by atoms with Crippen molar-refractivity contribution in [1.29, 1.82) is 0 Å². The van der Waals surface area contributed by atoms with Crippen LogP contribution in [-0.2, 0) is 11.8 Å². The fourth-order valence-corrected chi connectivity index (χ4v) is 1.47. The van der Waals surface area contributed by atoms with E-state index in [9.17, 15) is 4.79 Å². The molecule has 0 aliphatic carbocycles. The van der Waals surface area contributed by atoms with Gasteiger partial charge in [-0.1, -0.05) is 0 Å². The highest BCUT2D eigenvalue weighted by Gasteiger charge is 2.09. The number of nitrogens with one attached hydrogen (secondary N) is 1. The number of hydrogen-bond acceptors (Lipinski definition) is 5. The van der Waals surface area contributed by atoms with E-state index in [4.69, 9.17) is 0 Å². The van der Waals surface area contributed by atoms with Crippen molar-refractivity contribution in [1.82, 2.24) is 19.7 Å². The predicted octanol–water partition coefficient (Wildman–Crippen LogP) is 0.285. The summed E-state index contributed by atoms with van der Waals surface area (Å²) < 4.78 is 1.63. The summed E-state index contributed by atoms with van der Waals surface area (Å²) in [6.45, 7) is 0.202. The lowest BCUT2D eigenvalue weighted by Gasteiger charge is -2.16. The smallest absolute Gasteiger partial charge is 0.244 e. The van der Waals surface area contributed by atoms with Crippen LogP contribution in [0.15, 0.2) is 31.0 Å². The summed E-state index contributed by atoms with van der Waals surface area (Å²) >= 11 is 0. The van der Waals surface area contributed by atoms with Gasteiger partial charge in [-0.2, -0.15) is 5.10 Å². The Balaban J connectivity index is 1.92. The van der Waals surface area contributed by atoms with Gasteiger partial charge in [0.05, 0.1) is 24.6 Å². The Morgan fingerprint density at radius 2 is 2.28 bits per heavy atom. The highest BCUT2D eigenvalue weighted by atomic mass is 16.2. The summed E-state index contributed by atoms with van der Waals surface area (Å²) in [5, 5.41) is 6.72. The van der Waals surface area contributed by atoms with Gasteiger partial charge in [-0.05, 0) is 0 Å². The molecule has 1 N–H and O–H groups in total. The molecule has 2 heterocycles. The Morgan fingerprint density at radius 1 is 1.44 bits per heavy atom. The first-order valence-corrected chi connectivity index (χ1v) is 5.41. The molecule has 0 saturated carbocycles. The Morgan fingerprint density at radius 3 is 2.89 bits per heavy atom. The van der Waals surface area contributed by atoms with Gasteiger partial charge in [0.15, 0.2) is 0 Å². The van der Waals surface area contributed by atoms with Crippen LogP contribution in [0.5, 0.6) is 0 Å². The van der Waals surface area contributed by atoms with E-state index in [-0.39, 0.29) is 12.5 Å². The number of carbonyl (C=O) groups excluding carboxylic acids is 1. The van der Waals surface area contributed by atoms with Crippen molar-refractivity contribution in [3.63, 3.8) is 0 Å². The summed E-state index contributed by atoms with van der Waals surface area (Å²) in [5.41, 5.74) is 0.676. The summed E-state index contributed by atoms with van der Waals surface area (Å²) in [5.74, 6) is 0.523. The first-order valence-electron chi connectivity index (χ1n) is 5.41. The van der Waals surface area contributed by atoms with Gasteiger partial charge in [0.2, 0.25) is 5.91 Å². The van der Waals surface area contributed by atoms with Gasteiger partial charge >= 0.3 is 0 Å². The molecule has 0 fully saturated rings. The molecule has 0 radical (unpaired) electrons.